The second-order valence-electron chi connectivity index (χ2n) is 5.48. The van der Waals surface area contributed by atoms with Crippen molar-refractivity contribution in [3.63, 3.8) is 0 Å². The first kappa shape index (κ1) is 17.2. The molecule has 122 valence electrons. The van der Waals surface area contributed by atoms with Crippen molar-refractivity contribution in [2.45, 2.75) is 19.9 Å². The van der Waals surface area contributed by atoms with Crippen LogP contribution in [0.5, 0.6) is 0 Å². The first-order chi connectivity index (χ1) is 10.9. The normalized spacial score (nSPS) is 13.6. The molecular weight excluding hydrogens is 314 g/mol. The number of benzene rings is 2. The number of anilines is 1. The van der Waals surface area contributed by atoms with E-state index in [1.165, 1.54) is 0 Å². The summed E-state index contributed by atoms with van der Waals surface area (Å²) in [6, 6.07) is 15.3. The number of carboxylic acid groups (broad SMARTS) is 1. The molecule has 0 heterocycles. The largest absolute Gasteiger partial charge is 0.755 e. The Morgan fingerprint density at radius 3 is 2.00 bits per heavy atom. The van der Waals surface area contributed by atoms with Crippen molar-refractivity contribution < 1.29 is 18.7 Å². The van der Waals surface area contributed by atoms with Crippen LogP contribution in [0, 0.1) is 5.92 Å². The molecule has 0 aliphatic carbocycles. The zero-order valence-electron chi connectivity index (χ0n) is 12.9. The molecule has 0 amide bonds. The lowest BCUT2D eigenvalue weighted by molar-refractivity contribution is -0.139. The van der Waals surface area contributed by atoms with Crippen molar-refractivity contribution in [2.24, 2.45) is 5.92 Å². The molecule has 6 heteroatoms. The van der Waals surface area contributed by atoms with Crippen LogP contribution in [-0.4, -0.2) is 25.9 Å². The van der Waals surface area contributed by atoms with Crippen LogP contribution in [0.15, 0.2) is 54.6 Å². The zero-order chi connectivity index (χ0) is 17.0. The molecule has 2 unspecified atom stereocenters. The average Bonchev–Trinajstić information content (AvgIpc) is 2.52. The molecule has 0 spiro atoms. The number of aliphatic carboxylic acids is 1. The fourth-order valence-electron chi connectivity index (χ4n) is 2.43. The molecule has 0 saturated heterocycles. The van der Waals surface area contributed by atoms with Gasteiger partial charge in [0.15, 0.2) is 0 Å². The van der Waals surface area contributed by atoms with E-state index in [1.54, 1.807) is 38.1 Å². The van der Waals surface area contributed by atoms with E-state index in [0.717, 1.165) is 15.4 Å². The van der Waals surface area contributed by atoms with E-state index in [4.69, 9.17) is 0 Å². The van der Waals surface area contributed by atoms with E-state index >= 15 is 0 Å². The van der Waals surface area contributed by atoms with Crippen molar-refractivity contribution in [1.29, 1.82) is 0 Å². The molecule has 2 aromatic rings. The van der Waals surface area contributed by atoms with Crippen LogP contribution in [0.1, 0.15) is 13.8 Å². The Balaban J connectivity index is 2.38. The Morgan fingerprint density at radius 2 is 1.57 bits per heavy atom. The van der Waals surface area contributed by atoms with E-state index in [-0.39, 0.29) is 5.92 Å². The third-order valence-corrected chi connectivity index (χ3v) is 4.29. The molecule has 2 rings (SSSR count). The van der Waals surface area contributed by atoms with Gasteiger partial charge in [-0.1, -0.05) is 56.3 Å². The monoisotopic (exact) mass is 332 g/mol. The van der Waals surface area contributed by atoms with Crippen LogP contribution in [0.25, 0.3) is 11.1 Å². The van der Waals surface area contributed by atoms with Gasteiger partial charge in [-0.05, 0) is 29.2 Å². The van der Waals surface area contributed by atoms with Crippen molar-refractivity contribution in [3.8, 4) is 11.1 Å². The third-order valence-electron chi connectivity index (χ3n) is 3.53. The maximum atomic E-state index is 11.6. The van der Waals surface area contributed by atoms with Crippen LogP contribution in [0.3, 0.4) is 0 Å². The summed E-state index contributed by atoms with van der Waals surface area (Å²) in [4.78, 5) is 11.4. The summed E-state index contributed by atoms with van der Waals surface area (Å²) < 4.78 is 24.0. The van der Waals surface area contributed by atoms with Crippen LogP contribution in [-0.2, 0) is 16.1 Å². The summed E-state index contributed by atoms with van der Waals surface area (Å²) >= 11 is -2.67. The molecule has 0 aromatic heterocycles. The van der Waals surface area contributed by atoms with E-state index in [1.807, 2.05) is 30.3 Å². The first-order valence-electron chi connectivity index (χ1n) is 7.18. The van der Waals surface area contributed by atoms with E-state index in [9.17, 15) is 18.7 Å². The van der Waals surface area contributed by atoms with Gasteiger partial charge in [-0.15, -0.1) is 0 Å². The molecule has 0 bridgehead atoms. The summed E-state index contributed by atoms with van der Waals surface area (Å²) in [5.41, 5.74) is 2.27. The number of hydrogen-bond donors (Lipinski definition) is 1. The molecule has 0 aliphatic heterocycles. The third kappa shape index (κ3) is 3.97. The zero-order valence-corrected chi connectivity index (χ0v) is 13.7. The minimum Gasteiger partial charge on any atom is -0.755 e. The van der Waals surface area contributed by atoms with Gasteiger partial charge in [-0.25, -0.2) is 4.79 Å². The van der Waals surface area contributed by atoms with Gasteiger partial charge in [0.25, 0.3) is 0 Å². The fraction of sp³-hybridized carbons (Fsp3) is 0.235. The van der Waals surface area contributed by atoms with Crippen molar-refractivity contribution in [2.75, 3.05) is 4.31 Å². The molecule has 0 aliphatic rings. The fourth-order valence-corrected chi connectivity index (χ4v) is 3.24. The van der Waals surface area contributed by atoms with Crippen molar-refractivity contribution >= 4 is 22.9 Å². The number of nitrogens with zero attached hydrogens (tertiary/aromatic N) is 1. The number of hydrogen-bond acceptors (Lipinski definition) is 3. The van der Waals surface area contributed by atoms with Crippen molar-refractivity contribution in [3.05, 3.63) is 54.6 Å². The standard InChI is InChI=1S/C17H19NO4S/c1-12(2)16(17(19)20)18(23(21)22)15-10-8-14(9-11-15)13-6-4-3-5-7-13/h3-12,16H,1-2H3,(H,19,20)(H,21,22)/p-1. The molecule has 23 heavy (non-hydrogen) atoms. The van der Waals surface area contributed by atoms with Gasteiger partial charge in [-0.2, -0.15) is 0 Å². The summed E-state index contributed by atoms with van der Waals surface area (Å²) in [5, 5.41) is 9.34. The molecule has 2 aromatic carbocycles. The van der Waals surface area contributed by atoms with E-state index < -0.39 is 23.3 Å². The van der Waals surface area contributed by atoms with Gasteiger partial charge in [-0.3, -0.25) is 8.51 Å². The lowest BCUT2D eigenvalue weighted by atomic mass is 10.0. The highest BCUT2D eigenvalue weighted by atomic mass is 32.2. The smallest absolute Gasteiger partial charge is 0.327 e. The lowest BCUT2D eigenvalue weighted by Crippen LogP contribution is -2.45. The van der Waals surface area contributed by atoms with E-state index in [0.29, 0.717) is 5.69 Å². The predicted molar refractivity (Wildman–Crippen MR) is 89.5 cm³/mol. The quantitative estimate of drug-likeness (QED) is 0.824. The Kier molecular flexibility index (Phi) is 5.52. The molecule has 2 atom stereocenters. The highest BCUT2D eigenvalue weighted by Gasteiger charge is 2.30. The number of carbonyl (C=O) groups is 1. The van der Waals surface area contributed by atoms with Crippen LogP contribution in [0.4, 0.5) is 5.69 Å². The van der Waals surface area contributed by atoms with Gasteiger partial charge in [0, 0.05) is 17.0 Å². The summed E-state index contributed by atoms with van der Waals surface area (Å²) in [6.07, 6.45) is 0. The molecule has 5 nitrogen and oxygen atoms in total. The van der Waals surface area contributed by atoms with Gasteiger partial charge >= 0.3 is 5.97 Å². The Hall–Kier alpha value is -2.18. The highest BCUT2D eigenvalue weighted by Crippen LogP contribution is 2.26. The Labute approximate surface area is 138 Å². The van der Waals surface area contributed by atoms with Crippen LogP contribution < -0.4 is 4.31 Å². The summed E-state index contributed by atoms with van der Waals surface area (Å²) in [6.45, 7) is 3.36. The Bertz CT molecular complexity index is 685. The maximum absolute atomic E-state index is 11.6. The second-order valence-corrected chi connectivity index (χ2v) is 6.31. The van der Waals surface area contributed by atoms with Gasteiger partial charge in [0.05, 0.1) is 0 Å². The predicted octanol–water partition coefficient (Wildman–Crippen LogP) is 3.06. The molecule has 1 N–H and O–H groups in total. The SMILES string of the molecule is CC(C)C(C(=O)O)N(c1ccc(-c2ccccc2)cc1)S(=O)[O-]. The van der Waals surface area contributed by atoms with Gasteiger partial charge in [0.2, 0.25) is 0 Å². The molecular formula is C17H18NO4S-. The molecule has 0 fully saturated rings. The first-order valence-corrected chi connectivity index (χ1v) is 8.22. The Morgan fingerprint density at radius 1 is 1.04 bits per heavy atom. The average molecular weight is 332 g/mol. The number of rotatable bonds is 6. The molecule has 0 saturated carbocycles. The summed E-state index contributed by atoms with van der Waals surface area (Å²) in [5.74, 6) is -1.53. The highest BCUT2D eigenvalue weighted by molar-refractivity contribution is 7.80. The minimum atomic E-state index is -2.67. The number of carboxylic acids is 1. The van der Waals surface area contributed by atoms with Gasteiger partial charge in [0.1, 0.15) is 6.04 Å². The summed E-state index contributed by atoms with van der Waals surface area (Å²) in [7, 11) is 0. The maximum Gasteiger partial charge on any atom is 0.327 e. The van der Waals surface area contributed by atoms with Crippen LogP contribution in [0.2, 0.25) is 0 Å². The lowest BCUT2D eigenvalue weighted by Gasteiger charge is -2.34. The topological polar surface area (TPSA) is 80.7 Å². The minimum absolute atomic E-state index is 0.333. The van der Waals surface area contributed by atoms with Gasteiger partial charge < -0.3 is 9.66 Å². The van der Waals surface area contributed by atoms with Crippen LogP contribution >= 0.6 is 0 Å². The van der Waals surface area contributed by atoms with Crippen molar-refractivity contribution in [1.82, 2.24) is 0 Å². The molecule has 0 radical (unpaired) electrons. The second kappa shape index (κ2) is 7.39. The van der Waals surface area contributed by atoms with E-state index in [2.05, 4.69) is 0 Å².